The molecule has 0 N–H and O–H groups in total. The third-order valence-corrected chi connectivity index (χ3v) is 15.2. The molecule has 8 aromatic carbocycles. The van der Waals surface area contributed by atoms with E-state index in [0.29, 0.717) is 5.92 Å². The zero-order chi connectivity index (χ0) is 40.6. The van der Waals surface area contributed by atoms with Gasteiger partial charge in [0.1, 0.15) is 0 Å². The van der Waals surface area contributed by atoms with Crippen LogP contribution in [0, 0.1) is 5.92 Å². The normalized spacial score (nSPS) is 15.5. The number of hydrogen-bond donors (Lipinski definition) is 0. The number of hydrogen-bond acceptors (Lipinski definition) is 1. The van der Waals surface area contributed by atoms with Crippen LogP contribution >= 0.6 is 11.3 Å². The van der Waals surface area contributed by atoms with Gasteiger partial charge in [0.25, 0.3) is 0 Å². The maximum atomic E-state index is 2.57. The van der Waals surface area contributed by atoms with Crippen molar-refractivity contribution in [2.45, 2.75) is 32.6 Å². The molecule has 2 aliphatic rings. The summed E-state index contributed by atoms with van der Waals surface area (Å²) in [7, 11) is 0. The highest BCUT2D eigenvalue weighted by molar-refractivity contribution is 7.26. The number of aromatic nitrogens is 2. The van der Waals surface area contributed by atoms with Crippen molar-refractivity contribution in [1.29, 1.82) is 0 Å². The van der Waals surface area contributed by atoms with E-state index in [1.54, 1.807) is 0 Å². The minimum absolute atomic E-state index is 0.0785. The van der Waals surface area contributed by atoms with E-state index in [-0.39, 0.29) is 5.41 Å². The SMILES string of the molecule is CC1Cc2c(n(-c3cc(-c4ccc5c(c4)C(C)(C)c4ccccc4-5)c4sc5ccccc5c4c3)c3ccccc23)C=C1c1ccc2c3ccccc3n(-c3ccccc3)c2c1. The minimum Gasteiger partial charge on any atom is -0.310 e. The van der Waals surface area contributed by atoms with Gasteiger partial charge in [-0.05, 0) is 118 Å². The number of allylic oxidation sites excluding steroid dienone is 1. The van der Waals surface area contributed by atoms with Gasteiger partial charge in [-0.2, -0.15) is 0 Å². The van der Waals surface area contributed by atoms with E-state index < -0.39 is 0 Å². The lowest BCUT2D eigenvalue weighted by molar-refractivity contribution is 0.660. The maximum Gasteiger partial charge on any atom is 0.0547 e. The van der Waals surface area contributed by atoms with E-state index in [1.165, 1.54) is 120 Å². The molecule has 0 fully saturated rings. The summed E-state index contributed by atoms with van der Waals surface area (Å²) < 4.78 is 7.67. The highest BCUT2D eigenvalue weighted by atomic mass is 32.1. The highest BCUT2D eigenvalue weighted by Gasteiger charge is 2.35. The molecule has 3 aromatic heterocycles. The van der Waals surface area contributed by atoms with Crippen molar-refractivity contribution in [1.82, 2.24) is 9.13 Å². The average molecular weight is 799 g/mol. The third-order valence-electron chi connectivity index (χ3n) is 14.0. The van der Waals surface area contributed by atoms with E-state index in [1.807, 2.05) is 11.3 Å². The monoisotopic (exact) mass is 798 g/mol. The lowest BCUT2D eigenvalue weighted by Gasteiger charge is -2.24. The Labute approximate surface area is 359 Å². The number of para-hydroxylation sites is 3. The Morgan fingerprint density at radius 3 is 2.02 bits per heavy atom. The Kier molecular flexibility index (Phi) is 7.31. The first kappa shape index (κ1) is 34.9. The molecule has 290 valence electrons. The summed E-state index contributed by atoms with van der Waals surface area (Å²) in [5.74, 6) is 0.344. The molecule has 0 aliphatic heterocycles. The molecule has 1 unspecified atom stereocenters. The molecule has 13 rings (SSSR count). The first-order valence-electron chi connectivity index (χ1n) is 21.6. The Bertz CT molecular complexity index is 3660. The van der Waals surface area contributed by atoms with E-state index in [4.69, 9.17) is 0 Å². The molecule has 11 aromatic rings. The molecule has 2 aliphatic carbocycles. The van der Waals surface area contributed by atoms with E-state index in [0.717, 1.165) is 6.42 Å². The number of thiophene rings is 1. The van der Waals surface area contributed by atoms with Crippen LogP contribution in [0.15, 0.2) is 176 Å². The molecule has 3 heteroatoms. The molecule has 1 atom stereocenters. The fraction of sp³-hybridized carbons (Fsp3) is 0.103. The molecule has 2 nitrogen and oxygen atoms in total. The lowest BCUT2D eigenvalue weighted by Crippen LogP contribution is -2.14. The maximum absolute atomic E-state index is 2.57. The largest absolute Gasteiger partial charge is 0.310 e. The quantitative estimate of drug-likeness (QED) is 0.168. The van der Waals surface area contributed by atoms with Crippen LogP contribution in [0.5, 0.6) is 0 Å². The summed E-state index contributed by atoms with van der Waals surface area (Å²) >= 11 is 1.92. The Morgan fingerprint density at radius 2 is 1.16 bits per heavy atom. The van der Waals surface area contributed by atoms with Crippen molar-refractivity contribution < 1.29 is 0 Å². The van der Waals surface area contributed by atoms with Gasteiger partial charge in [-0.25, -0.2) is 0 Å². The van der Waals surface area contributed by atoms with Gasteiger partial charge in [0.05, 0.1) is 22.2 Å². The summed E-state index contributed by atoms with van der Waals surface area (Å²) in [6, 6.07) is 65.9. The molecule has 0 amide bonds. The molecule has 0 saturated heterocycles. The predicted molar refractivity (Wildman–Crippen MR) is 261 cm³/mol. The summed E-state index contributed by atoms with van der Waals surface area (Å²) in [5.41, 5.74) is 19.5. The van der Waals surface area contributed by atoms with Crippen LogP contribution in [0.1, 0.15) is 48.7 Å². The molecule has 3 heterocycles. The van der Waals surface area contributed by atoms with Gasteiger partial charge in [-0.15, -0.1) is 11.3 Å². The molecular formula is C58H42N2S. The van der Waals surface area contributed by atoms with Crippen molar-refractivity contribution >= 4 is 75.9 Å². The van der Waals surface area contributed by atoms with Crippen LogP contribution in [0.3, 0.4) is 0 Å². The minimum atomic E-state index is -0.0785. The summed E-state index contributed by atoms with van der Waals surface area (Å²) in [5, 5.41) is 6.54. The Morgan fingerprint density at radius 1 is 0.492 bits per heavy atom. The van der Waals surface area contributed by atoms with Crippen molar-refractivity contribution in [2.75, 3.05) is 0 Å². The van der Waals surface area contributed by atoms with Gasteiger partial charge < -0.3 is 9.13 Å². The van der Waals surface area contributed by atoms with Crippen LogP contribution in [0.25, 0.3) is 98.2 Å². The second-order valence-corrected chi connectivity index (χ2v) is 18.8. The first-order valence-corrected chi connectivity index (χ1v) is 22.4. The highest BCUT2D eigenvalue weighted by Crippen LogP contribution is 2.51. The summed E-state index contributed by atoms with van der Waals surface area (Å²) in [6.45, 7) is 7.18. The first-order chi connectivity index (χ1) is 29.9. The Balaban J connectivity index is 1.04. The van der Waals surface area contributed by atoms with Gasteiger partial charge in [-0.1, -0.05) is 142 Å². The average Bonchev–Trinajstić information content (AvgIpc) is 4.01. The van der Waals surface area contributed by atoms with Crippen molar-refractivity contribution in [3.63, 3.8) is 0 Å². The van der Waals surface area contributed by atoms with Gasteiger partial charge >= 0.3 is 0 Å². The fourth-order valence-electron chi connectivity index (χ4n) is 11.1. The predicted octanol–water partition coefficient (Wildman–Crippen LogP) is 15.8. The zero-order valence-electron chi connectivity index (χ0n) is 34.4. The number of fused-ring (bicyclic) bond motifs is 12. The van der Waals surface area contributed by atoms with Crippen molar-refractivity contribution in [3.8, 4) is 33.6 Å². The molecule has 61 heavy (non-hydrogen) atoms. The lowest BCUT2D eigenvalue weighted by atomic mass is 9.81. The zero-order valence-corrected chi connectivity index (χ0v) is 35.2. The van der Waals surface area contributed by atoms with Gasteiger partial charge in [0.15, 0.2) is 0 Å². The van der Waals surface area contributed by atoms with E-state index >= 15 is 0 Å². The van der Waals surface area contributed by atoms with Crippen LogP contribution in [0.4, 0.5) is 0 Å². The Hall–Kier alpha value is -6.94. The smallest absolute Gasteiger partial charge is 0.0547 e. The topological polar surface area (TPSA) is 9.86 Å². The fourth-order valence-corrected chi connectivity index (χ4v) is 12.3. The second-order valence-electron chi connectivity index (χ2n) is 17.7. The van der Waals surface area contributed by atoms with Crippen molar-refractivity contribution in [2.24, 2.45) is 5.92 Å². The summed E-state index contributed by atoms with van der Waals surface area (Å²) in [6.07, 6.45) is 3.50. The third kappa shape index (κ3) is 4.96. The molecule has 0 bridgehead atoms. The number of benzene rings is 8. The van der Waals surface area contributed by atoms with Gasteiger partial charge in [0.2, 0.25) is 0 Å². The van der Waals surface area contributed by atoms with Crippen LogP contribution in [0.2, 0.25) is 0 Å². The molecule has 0 saturated carbocycles. The molecule has 0 radical (unpaired) electrons. The number of nitrogens with zero attached hydrogens (tertiary/aromatic N) is 2. The molecule has 0 spiro atoms. The second kappa shape index (κ2) is 12.8. The van der Waals surface area contributed by atoms with Crippen LogP contribution in [-0.4, -0.2) is 9.13 Å². The number of rotatable bonds is 4. The molecular weight excluding hydrogens is 757 g/mol. The van der Waals surface area contributed by atoms with E-state index in [9.17, 15) is 0 Å². The summed E-state index contributed by atoms with van der Waals surface area (Å²) in [4.78, 5) is 0. The van der Waals surface area contributed by atoms with Gasteiger partial charge in [0, 0.05) is 58.7 Å². The van der Waals surface area contributed by atoms with Gasteiger partial charge in [-0.3, -0.25) is 0 Å². The van der Waals surface area contributed by atoms with Crippen LogP contribution < -0.4 is 0 Å². The van der Waals surface area contributed by atoms with Crippen LogP contribution in [-0.2, 0) is 11.8 Å². The van der Waals surface area contributed by atoms with Crippen molar-refractivity contribution in [3.05, 3.63) is 204 Å². The van der Waals surface area contributed by atoms with E-state index in [2.05, 4.69) is 212 Å². The standard InChI is InChI=1S/C58H42N2S/c1-35-29-48-43-19-9-13-23-53(43)60(55(48)34-46(35)37-26-28-44-42-18-8-12-22-52(42)59(54(44)31-37)38-15-5-4-6-16-38)39-32-47(57-49(33-39)45-20-10-14-24-56(45)61-57)36-25-27-41-40-17-7-11-21-50(40)58(2,3)51(41)30-36/h4-28,30-35H,29H2,1-3H3.